The minimum Gasteiger partial charge on any atom is -0.236 e. The van der Waals surface area contributed by atoms with E-state index in [-0.39, 0.29) is 20.7 Å². The number of nitrogens with zero attached hydrogens (tertiary/aromatic N) is 1. The highest BCUT2D eigenvalue weighted by molar-refractivity contribution is 14.3. The van der Waals surface area contributed by atoms with Crippen molar-refractivity contribution in [2.24, 2.45) is 4.99 Å². The molecule has 1 aliphatic heterocycles. The molecule has 1 nitrogen and oxygen atoms in total. The normalized spacial score (nSPS) is 14.1. The fourth-order valence-corrected chi connectivity index (χ4v) is 13.9. The Hall–Kier alpha value is -2.64. The van der Waals surface area contributed by atoms with Gasteiger partial charge in [-0.1, -0.05) is 139 Å². The van der Waals surface area contributed by atoms with Gasteiger partial charge in [-0.25, -0.2) is 4.99 Å². The van der Waals surface area contributed by atoms with Gasteiger partial charge in [0, 0.05) is 12.6 Å². The summed E-state index contributed by atoms with van der Waals surface area (Å²) in [6.45, 7) is 3.87. The molecular formula is C30H23I2N. The van der Waals surface area contributed by atoms with Gasteiger partial charge in [0.25, 0.3) is 0 Å². The zero-order valence-electron chi connectivity index (χ0n) is 18.1. The molecule has 1 heterocycles. The summed E-state index contributed by atoms with van der Waals surface area (Å²) in [5, 5.41) is 0. The Balaban J connectivity index is 1.65. The van der Waals surface area contributed by atoms with E-state index in [0.29, 0.717) is 0 Å². The maximum atomic E-state index is 5.24. The molecule has 3 heteroatoms. The Morgan fingerprint density at radius 1 is 0.636 bits per heavy atom. The molecule has 0 N–H and O–H groups in total. The smallest absolute Gasteiger partial charge is 0.105 e. The topological polar surface area (TPSA) is 12.4 Å². The second-order valence-electron chi connectivity index (χ2n) is 7.55. The van der Waals surface area contributed by atoms with E-state index < -0.39 is 18.9 Å². The van der Waals surface area contributed by atoms with Crippen LogP contribution < -0.4 is 0 Å². The minimum atomic E-state index is -1.85. The van der Waals surface area contributed by atoms with Crippen molar-refractivity contribution in [2.45, 2.75) is 0 Å². The summed E-state index contributed by atoms with van der Waals surface area (Å²) in [7, 11) is 0. The fraction of sp³-hybridized carbons (Fsp3) is 0. The first-order valence-corrected chi connectivity index (χ1v) is 16.5. The van der Waals surface area contributed by atoms with Gasteiger partial charge in [-0.15, -0.1) is 0 Å². The highest BCUT2D eigenvalue weighted by Gasteiger charge is 2.16. The maximum Gasteiger partial charge on any atom is 0.105 e. The summed E-state index contributed by atoms with van der Waals surface area (Å²) in [5.74, 6) is 0. The van der Waals surface area contributed by atoms with E-state index in [1.165, 1.54) is 35.2 Å². The monoisotopic (exact) mass is 651 g/mol. The molecule has 0 bridgehead atoms. The third kappa shape index (κ3) is 4.84. The van der Waals surface area contributed by atoms with Crippen LogP contribution in [0, 0.1) is 0 Å². The van der Waals surface area contributed by atoms with Crippen LogP contribution in [0.3, 0.4) is 0 Å². The molecule has 4 aromatic rings. The van der Waals surface area contributed by atoms with E-state index in [1.807, 2.05) is 6.08 Å². The molecule has 0 aromatic heterocycles. The largest absolute Gasteiger partial charge is 0.236 e. The molecule has 0 amide bonds. The van der Waals surface area contributed by atoms with E-state index in [9.17, 15) is 0 Å². The first kappa shape index (κ1) is 22.2. The lowest BCUT2D eigenvalue weighted by atomic mass is 10.0. The second kappa shape index (κ2) is 10.1. The van der Waals surface area contributed by atoms with Crippen LogP contribution >= 0.6 is 39.6 Å². The van der Waals surface area contributed by atoms with Gasteiger partial charge in [0.15, 0.2) is 0 Å². The molecule has 0 spiro atoms. The molecule has 4 aromatic carbocycles. The van der Waals surface area contributed by atoms with Crippen molar-refractivity contribution in [1.29, 1.82) is 0 Å². The number of rotatable bonds is 5. The number of halogens is 2. The lowest BCUT2D eigenvalue weighted by Crippen LogP contribution is -2.08. The lowest BCUT2D eigenvalue weighted by Gasteiger charge is -2.16. The molecule has 0 atom stereocenters. The third-order valence-corrected chi connectivity index (χ3v) is 16.4. The average Bonchev–Trinajstić information content (AvgIpc) is 2.90. The summed E-state index contributed by atoms with van der Waals surface area (Å²) in [5.41, 5.74) is 7.39. The van der Waals surface area contributed by atoms with E-state index in [4.69, 9.17) is 9.51 Å². The molecule has 0 unspecified atom stereocenters. The van der Waals surface area contributed by atoms with Crippen molar-refractivity contribution >= 4 is 59.1 Å². The number of aliphatic imine (C=N–C) groups is 1. The summed E-state index contributed by atoms with van der Waals surface area (Å²) < 4.78 is 8.77. The predicted molar refractivity (Wildman–Crippen MR) is 165 cm³/mol. The maximum absolute atomic E-state index is 5.24. The Bertz CT molecular complexity index is 1460. The quantitative estimate of drug-likeness (QED) is 0.194. The Kier molecular flexibility index (Phi) is 6.78. The fourth-order valence-electron chi connectivity index (χ4n) is 3.64. The lowest BCUT2D eigenvalue weighted by molar-refractivity contribution is 1.59. The number of benzene rings is 4. The van der Waals surface area contributed by atoms with Crippen LogP contribution in [-0.2, 0) is 0 Å². The van der Waals surface area contributed by atoms with Crippen molar-refractivity contribution in [3.05, 3.63) is 138 Å². The highest BCUT2D eigenvalue weighted by atomic mass is 127. The zero-order valence-corrected chi connectivity index (χ0v) is 22.4. The van der Waals surface area contributed by atoms with E-state index in [1.54, 1.807) is 1.52 Å². The Morgan fingerprint density at radius 3 is 1.91 bits per heavy atom. The Morgan fingerprint density at radius 2 is 1.24 bits per heavy atom. The third-order valence-electron chi connectivity index (χ3n) is 5.37. The molecule has 33 heavy (non-hydrogen) atoms. The van der Waals surface area contributed by atoms with Crippen LogP contribution in [0.25, 0.3) is 17.2 Å². The second-order valence-corrected chi connectivity index (χ2v) is 16.4. The van der Waals surface area contributed by atoms with Gasteiger partial charge in [-0.3, -0.25) is 0 Å². The van der Waals surface area contributed by atoms with Crippen molar-refractivity contribution < 1.29 is 0 Å². The first-order valence-electron chi connectivity index (χ1n) is 10.6. The molecule has 0 radical (unpaired) electrons. The van der Waals surface area contributed by atoms with Gasteiger partial charge in [0.2, 0.25) is 0 Å². The van der Waals surface area contributed by atoms with Gasteiger partial charge < -0.3 is 0 Å². The standard InChI is InChI=1S/C30H23I2N/c1-3-22-17-19-23(20-18-22)26-15-10-16-27(21-26)28-31-29(24-11-6-4-7-12-24)33-30(32(28)2)25-13-8-5-9-14-25/h3-21H,1-2H2. The number of hydrogen-bond donors (Lipinski definition) is 0. The van der Waals surface area contributed by atoms with Gasteiger partial charge in [-0.2, -0.15) is 0 Å². The van der Waals surface area contributed by atoms with Crippen molar-refractivity contribution in [3.63, 3.8) is 0 Å². The van der Waals surface area contributed by atoms with Crippen molar-refractivity contribution in [1.82, 2.24) is 0 Å². The van der Waals surface area contributed by atoms with Gasteiger partial charge in [-0.05, 0) is 49.1 Å². The van der Waals surface area contributed by atoms with Gasteiger partial charge >= 0.3 is 0 Å². The van der Waals surface area contributed by atoms with E-state index in [2.05, 4.69) is 116 Å². The Labute approximate surface area is 211 Å². The van der Waals surface area contributed by atoms with Crippen LogP contribution in [0.15, 0.2) is 121 Å². The van der Waals surface area contributed by atoms with Crippen LogP contribution in [0.4, 0.5) is 0 Å². The van der Waals surface area contributed by atoms with Crippen molar-refractivity contribution in [2.75, 3.05) is 0 Å². The first-order chi connectivity index (χ1) is 16.2. The van der Waals surface area contributed by atoms with Crippen LogP contribution in [0.5, 0.6) is 0 Å². The summed E-state index contributed by atoms with van der Waals surface area (Å²) in [4.78, 5) is 5.24. The van der Waals surface area contributed by atoms with Crippen LogP contribution in [0.2, 0.25) is 0 Å². The molecule has 0 saturated heterocycles. The molecule has 0 aliphatic carbocycles. The van der Waals surface area contributed by atoms with Crippen LogP contribution in [-0.4, -0.2) is 13.4 Å². The molecule has 162 valence electrons. The zero-order chi connectivity index (χ0) is 22.6. The summed E-state index contributed by atoms with van der Waals surface area (Å²) >= 11 is -2.23. The van der Waals surface area contributed by atoms with Crippen molar-refractivity contribution in [3.8, 4) is 11.1 Å². The average molecular weight is 651 g/mol. The summed E-state index contributed by atoms with van der Waals surface area (Å²) in [6.07, 6.45) is 1.88. The SMILES string of the molecule is C=Cc1ccc(-c2cccc(C3=I(=C)C(c4ccccc4)=NC(c4ccccc4)=I3)c2)cc1. The van der Waals surface area contributed by atoms with Gasteiger partial charge in [0.05, 0.1) is 3.72 Å². The summed E-state index contributed by atoms with van der Waals surface area (Å²) in [6, 6.07) is 38.9. The minimum absolute atomic E-state index is 0.385. The molecule has 0 fully saturated rings. The predicted octanol–water partition coefficient (Wildman–Crippen LogP) is 8.02. The highest BCUT2D eigenvalue weighted by Crippen LogP contribution is 2.36. The number of hydrogen-bond acceptors (Lipinski definition) is 1. The van der Waals surface area contributed by atoms with E-state index >= 15 is 0 Å². The van der Waals surface area contributed by atoms with E-state index in [0.717, 1.165) is 5.56 Å². The molecule has 5 rings (SSSR count). The van der Waals surface area contributed by atoms with Gasteiger partial charge in [0.1, 0.15) is 3.63 Å². The molecular weight excluding hydrogens is 628 g/mol. The molecule has 1 aliphatic rings. The molecule has 0 saturated carbocycles. The van der Waals surface area contributed by atoms with Crippen LogP contribution in [0.1, 0.15) is 22.3 Å².